The molecule has 100 valence electrons. The number of hydrogen-bond donors (Lipinski definition) is 2. The van der Waals surface area contributed by atoms with Gasteiger partial charge < -0.3 is 20.5 Å². The van der Waals surface area contributed by atoms with Crippen molar-refractivity contribution < 1.29 is 4.79 Å². The Kier molecular flexibility index (Phi) is 4.38. The van der Waals surface area contributed by atoms with Crippen molar-refractivity contribution >= 4 is 11.6 Å². The Balaban J connectivity index is 1.87. The molecule has 0 aliphatic carbocycles. The summed E-state index contributed by atoms with van der Waals surface area (Å²) in [5.41, 5.74) is 6.48. The minimum absolute atomic E-state index is 0.152. The van der Waals surface area contributed by atoms with Gasteiger partial charge in [-0.15, -0.1) is 0 Å². The first kappa shape index (κ1) is 13.1. The van der Waals surface area contributed by atoms with Crippen LogP contribution in [0.1, 0.15) is 12.8 Å². The molecule has 3 N–H and O–H groups in total. The molecule has 0 bridgehead atoms. The van der Waals surface area contributed by atoms with E-state index in [1.54, 1.807) is 4.90 Å². The molecule has 1 aromatic rings. The third-order valence-corrected chi connectivity index (χ3v) is 3.68. The molecule has 18 heavy (non-hydrogen) atoms. The van der Waals surface area contributed by atoms with Crippen LogP contribution < -0.4 is 10.6 Å². The van der Waals surface area contributed by atoms with Crippen LogP contribution in [0.25, 0.3) is 0 Å². The minimum atomic E-state index is 0.152. The van der Waals surface area contributed by atoms with E-state index in [9.17, 15) is 4.79 Å². The topological polar surface area (TPSA) is 65.4 Å². The van der Waals surface area contributed by atoms with Gasteiger partial charge in [0.2, 0.25) is 5.91 Å². The largest absolute Gasteiger partial charge is 0.366 e. The third kappa shape index (κ3) is 2.91. The zero-order valence-corrected chi connectivity index (χ0v) is 10.9. The van der Waals surface area contributed by atoms with E-state index in [0.29, 0.717) is 6.54 Å². The van der Waals surface area contributed by atoms with Crippen molar-refractivity contribution in [2.75, 3.05) is 38.1 Å². The molecule has 5 heteroatoms. The molecule has 1 saturated heterocycles. The Bertz CT molecular complexity index is 368. The van der Waals surface area contributed by atoms with Gasteiger partial charge in [0.15, 0.2) is 0 Å². The van der Waals surface area contributed by atoms with Gasteiger partial charge in [-0.05, 0) is 32.0 Å². The van der Waals surface area contributed by atoms with Gasteiger partial charge >= 0.3 is 0 Å². The fraction of sp³-hybridized carbons (Fsp3) is 0.615. The molecule has 0 radical (unpaired) electrons. The quantitative estimate of drug-likeness (QED) is 0.824. The molecule has 5 nitrogen and oxygen atoms in total. The standard InChI is InChI=1S/C13H22N4O/c1-16(12-2-6-15-10-12)13(18)11-3-7-17(8-4-11)9-5-14/h2,6,10-11,15H,3-5,7-9,14H2,1H3. The summed E-state index contributed by atoms with van der Waals surface area (Å²) in [5.74, 6) is 0.376. The van der Waals surface area contributed by atoms with E-state index in [-0.39, 0.29) is 11.8 Å². The SMILES string of the molecule is CN(C(=O)C1CCN(CCN)CC1)c1cc[nH]c1. The van der Waals surface area contributed by atoms with E-state index in [0.717, 1.165) is 38.2 Å². The molecule has 0 atom stereocenters. The number of carbonyl (C=O) groups is 1. The third-order valence-electron chi connectivity index (χ3n) is 3.68. The lowest BCUT2D eigenvalue weighted by atomic mass is 9.95. The number of aromatic amines is 1. The maximum atomic E-state index is 12.3. The van der Waals surface area contributed by atoms with E-state index < -0.39 is 0 Å². The average Bonchev–Trinajstić information content (AvgIpc) is 2.92. The number of hydrogen-bond acceptors (Lipinski definition) is 3. The zero-order chi connectivity index (χ0) is 13.0. The molecule has 0 unspecified atom stereocenters. The van der Waals surface area contributed by atoms with E-state index in [1.165, 1.54) is 0 Å². The molecule has 1 aromatic heterocycles. The van der Waals surface area contributed by atoms with Gasteiger partial charge in [0.1, 0.15) is 0 Å². The summed E-state index contributed by atoms with van der Waals surface area (Å²) >= 11 is 0. The van der Waals surface area contributed by atoms with Gasteiger partial charge in [0.25, 0.3) is 0 Å². The number of anilines is 1. The number of aromatic nitrogens is 1. The number of nitrogens with two attached hydrogens (primary N) is 1. The summed E-state index contributed by atoms with van der Waals surface area (Å²) < 4.78 is 0. The maximum absolute atomic E-state index is 12.3. The molecule has 1 amide bonds. The second-order valence-corrected chi connectivity index (χ2v) is 4.87. The minimum Gasteiger partial charge on any atom is -0.366 e. The Morgan fingerprint density at radius 1 is 1.56 bits per heavy atom. The van der Waals surface area contributed by atoms with Gasteiger partial charge in [-0.25, -0.2) is 0 Å². The highest BCUT2D eigenvalue weighted by atomic mass is 16.2. The van der Waals surface area contributed by atoms with Gasteiger partial charge in [0.05, 0.1) is 5.69 Å². The number of nitrogens with zero attached hydrogens (tertiary/aromatic N) is 2. The molecule has 1 fully saturated rings. The highest BCUT2D eigenvalue weighted by Gasteiger charge is 2.27. The van der Waals surface area contributed by atoms with Crippen molar-refractivity contribution in [3.63, 3.8) is 0 Å². The molecule has 2 rings (SSSR count). The van der Waals surface area contributed by atoms with Crippen molar-refractivity contribution in [3.8, 4) is 0 Å². The summed E-state index contributed by atoms with van der Waals surface area (Å²) in [7, 11) is 1.85. The van der Waals surface area contributed by atoms with Crippen LogP contribution in [0.2, 0.25) is 0 Å². The first-order valence-corrected chi connectivity index (χ1v) is 6.55. The number of nitrogens with one attached hydrogen (secondary N) is 1. The van der Waals surface area contributed by atoms with Crippen LogP contribution in [0.5, 0.6) is 0 Å². The molecule has 1 aliphatic heterocycles. The highest BCUT2D eigenvalue weighted by Crippen LogP contribution is 2.21. The van der Waals surface area contributed by atoms with E-state index >= 15 is 0 Å². The summed E-state index contributed by atoms with van der Waals surface area (Å²) in [6.07, 6.45) is 5.56. The molecule has 0 aromatic carbocycles. The van der Waals surface area contributed by atoms with Crippen molar-refractivity contribution in [1.82, 2.24) is 9.88 Å². The van der Waals surface area contributed by atoms with Gasteiger partial charge in [-0.3, -0.25) is 4.79 Å². The number of H-pyrrole nitrogens is 1. The van der Waals surface area contributed by atoms with Gasteiger partial charge in [0, 0.05) is 38.4 Å². The Labute approximate surface area is 108 Å². The zero-order valence-electron chi connectivity index (χ0n) is 10.9. The molecule has 2 heterocycles. The molecule has 0 saturated carbocycles. The number of amides is 1. The van der Waals surface area contributed by atoms with Crippen molar-refractivity contribution in [1.29, 1.82) is 0 Å². The van der Waals surface area contributed by atoms with Crippen molar-refractivity contribution in [3.05, 3.63) is 18.5 Å². The molecular weight excluding hydrogens is 228 g/mol. The van der Waals surface area contributed by atoms with Crippen LogP contribution in [-0.4, -0.2) is 49.0 Å². The molecule has 1 aliphatic rings. The normalized spacial score (nSPS) is 17.9. The fourth-order valence-electron chi connectivity index (χ4n) is 2.51. The summed E-state index contributed by atoms with van der Waals surface area (Å²) in [5, 5.41) is 0. The first-order chi connectivity index (χ1) is 8.72. The van der Waals surface area contributed by atoms with Gasteiger partial charge in [-0.2, -0.15) is 0 Å². The number of rotatable bonds is 4. The lowest BCUT2D eigenvalue weighted by Gasteiger charge is -2.32. The molecule has 0 spiro atoms. The first-order valence-electron chi connectivity index (χ1n) is 6.55. The van der Waals surface area contributed by atoms with E-state index in [4.69, 9.17) is 5.73 Å². The number of likely N-dealkylation sites (tertiary alicyclic amines) is 1. The van der Waals surface area contributed by atoms with E-state index in [1.807, 2.05) is 25.5 Å². The highest BCUT2D eigenvalue weighted by molar-refractivity contribution is 5.94. The van der Waals surface area contributed by atoms with Crippen LogP contribution in [0.4, 0.5) is 5.69 Å². The van der Waals surface area contributed by atoms with Crippen molar-refractivity contribution in [2.45, 2.75) is 12.8 Å². The predicted octanol–water partition coefficient (Wildman–Crippen LogP) is 0.648. The van der Waals surface area contributed by atoms with Crippen LogP contribution >= 0.6 is 0 Å². The second-order valence-electron chi connectivity index (χ2n) is 4.87. The predicted molar refractivity (Wildman–Crippen MR) is 72.4 cm³/mol. The van der Waals surface area contributed by atoms with Gasteiger partial charge in [-0.1, -0.05) is 0 Å². The summed E-state index contributed by atoms with van der Waals surface area (Å²) in [6.45, 7) is 3.60. The van der Waals surface area contributed by atoms with E-state index in [2.05, 4.69) is 9.88 Å². The van der Waals surface area contributed by atoms with Crippen LogP contribution in [0.3, 0.4) is 0 Å². The van der Waals surface area contributed by atoms with Crippen molar-refractivity contribution in [2.24, 2.45) is 11.7 Å². The van der Waals surface area contributed by atoms with Crippen LogP contribution in [0, 0.1) is 5.92 Å². The lowest BCUT2D eigenvalue weighted by Crippen LogP contribution is -2.42. The fourth-order valence-corrected chi connectivity index (χ4v) is 2.51. The Morgan fingerprint density at radius 3 is 2.83 bits per heavy atom. The molecular formula is C13H22N4O. The average molecular weight is 250 g/mol. The van der Waals surface area contributed by atoms with Crippen LogP contribution in [-0.2, 0) is 4.79 Å². The lowest BCUT2D eigenvalue weighted by molar-refractivity contribution is -0.123. The monoisotopic (exact) mass is 250 g/mol. The number of carbonyl (C=O) groups excluding carboxylic acids is 1. The maximum Gasteiger partial charge on any atom is 0.229 e. The summed E-state index contributed by atoms with van der Waals surface area (Å²) in [4.78, 5) is 19.4. The second kappa shape index (κ2) is 6.02. The summed E-state index contributed by atoms with van der Waals surface area (Å²) in [6, 6.07) is 1.92. The number of piperidine rings is 1. The van der Waals surface area contributed by atoms with Crippen LogP contribution in [0.15, 0.2) is 18.5 Å². The Hall–Kier alpha value is -1.33. The Morgan fingerprint density at radius 2 is 2.28 bits per heavy atom. The smallest absolute Gasteiger partial charge is 0.229 e.